The molecule has 3 rings (SSSR count). The van der Waals surface area contributed by atoms with Crippen molar-refractivity contribution in [3.8, 4) is 11.8 Å². The van der Waals surface area contributed by atoms with Crippen LogP contribution in [0.5, 0.6) is 5.75 Å². The number of aliphatic hydroxyl groups is 1. The highest BCUT2D eigenvalue weighted by atomic mass is 16.5. The van der Waals surface area contributed by atoms with E-state index in [9.17, 15) is 5.11 Å². The number of ether oxygens (including phenoxy) is 1. The molecule has 1 fully saturated rings. The molecule has 4 nitrogen and oxygen atoms in total. The van der Waals surface area contributed by atoms with E-state index in [-0.39, 0.29) is 12.0 Å². The Morgan fingerprint density at radius 2 is 1.92 bits per heavy atom. The van der Waals surface area contributed by atoms with Crippen LogP contribution in [-0.2, 0) is 13.2 Å². The molecule has 0 spiro atoms. The van der Waals surface area contributed by atoms with Crippen LogP contribution < -0.4 is 10.1 Å². The lowest BCUT2D eigenvalue weighted by molar-refractivity contribution is 0.207. The Bertz CT molecular complexity index is 732. The maximum atomic E-state index is 9.33. The molecule has 0 saturated heterocycles. The number of rotatable bonds is 8. The zero-order valence-corrected chi connectivity index (χ0v) is 13.7. The molecule has 0 amide bonds. The van der Waals surface area contributed by atoms with Crippen LogP contribution in [0, 0.1) is 16.7 Å². The highest BCUT2D eigenvalue weighted by molar-refractivity contribution is 5.33. The number of benzene rings is 2. The van der Waals surface area contributed by atoms with E-state index >= 15 is 0 Å². The molecule has 0 bridgehead atoms. The first-order valence-corrected chi connectivity index (χ1v) is 8.25. The molecule has 2 N–H and O–H groups in total. The first kappa shape index (κ1) is 16.5. The first-order chi connectivity index (χ1) is 11.7. The molecule has 0 aromatic heterocycles. The number of hydrogen-bond donors (Lipinski definition) is 2. The van der Waals surface area contributed by atoms with Gasteiger partial charge < -0.3 is 15.2 Å². The monoisotopic (exact) mass is 322 g/mol. The average Bonchev–Trinajstić information content (AvgIpc) is 3.41. The van der Waals surface area contributed by atoms with Crippen molar-refractivity contribution in [1.82, 2.24) is 5.32 Å². The number of nitrogens with one attached hydrogen (secondary N) is 1. The Labute approximate surface area is 142 Å². The summed E-state index contributed by atoms with van der Waals surface area (Å²) in [6, 6.07) is 17.6. The quantitative estimate of drug-likeness (QED) is 0.784. The summed E-state index contributed by atoms with van der Waals surface area (Å²) >= 11 is 0. The van der Waals surface area contributed by atoms with E-state index in [4.69, 9.17) is 10.00 Å². The molecule has 0 heterocycles. The maximum Gasteiger partial charge on any atom is 0.120 e. The van der Waals surface area contributed by atoms with E-state index in [1.54, 1.807) is 6.07 Å². The summed E-state index contributed by atoms with van der Waals surface area (Å²) in [4.78, 5) is 0. The normalized spacial score (nSPS) is 14.8. The van der Waals surface area contributed by atoms with E-state index in [0.29, 0.717) is 12.2 Å². The Balaban J connectivity index is 1.52. The van der Waals surface area contributed by atoms with Gasteiger partial charge in [-0.25, -0.2) is 0 Å². The van der Waals surface area contributed by atoms with Crippen molar-refractivity contribution in [3.05, 3.63) is 65.2 Å². The highest BCUT2D eigenvalue weighted by Crippen LogP contribution is 2.44. The summed E-state index contributed by atoms with van der Waals surface area (Å²) in [5.41, 5.74) is 2.91. The van der Waals surface area contributed by atoms with Crippen molar-refractivity contribution < 1.29 is 9.84 Å². The Hall–Kier alpha value is -2.35. The van der Waals surface area contributed by atoms with Crippen molar-refractivity contribution in [1.29, 1.82) is 5.26 Å². The molecule has 1 saturated carbocycles. The lowest BCUT2D eigenvalue weighted by Crippen LogP contribution is -2.26. The van der Waals surface area contributed by atoms with E-state index < -0.39 is 0 Å². The second-order valence-corrected chi connectivity index (χ2v) is 6.51. The molecule has 124 valence electrons. The summed E-state index contributed by atoms with van der Waals surface area (Å²) in [7, 11) is 0. The Morgan fingerprint density at radius 3 is 2.67 bits per heavy atom. The van der Waals surface area contributed by atoms with E-state index in [0.717, 1.165) is 42.8 Å². The minimum Gasteiger partial charge on any atom is -0.489 e. The predicted molar refractivity (Wildman–Crippen MR) is 92.4 cm³/mol. The van der Waals surface area contributed by atoms with Crippen LogP contribution in [0.3, 0.4) is 0 Å². The minimum atomic E-state index is 0.125. The molecule has 2 aromatic carbocycles. The van der Waals surface area contributed by atoms with Gasteiger partial charge in [-0.15, -0.1) is 0 Å². The molecule has 0 atom stereocenters. The van der Waals surface area contributed by atoms with E-state index in [2.05, 4.69) is 17.5 Å². The third kappa shape index (κ3) is 4.35. The van der Waals surface area contributed by atoms with Crippen LogP contribution >= 0.6 is 0 Å². The van der Waals surface area contributed by atoms with Gasteiger partial charge in [0.15, 0.2) is 0 Å². The van der Waals surface area contributed by atoms with Crippen molar-refractivity contribution in [2.24, 2.45) is 5.41 Å². The van der Waals surface area contributed by atoms with Gasteiger partial charge in [-0.3, -0.25) is 0 Å². The second-order valence-electron chi connectivity index (χ2n) is 6.51. The molecule has 1 aliphatic rings. The van der Waals surface area contributed by atoms with E-state index in [1.807, 2.05) is 36.4 Å². The molecule has 0 aliphatic heterocycles. The summed E-state index contributed by atoms with van der Waals surface area (Å²) in [6.07, 6.45) is 2.23. The summed E-state index contributed by atoms with van der Waals surface area (Å²) < 4.78 is 5.84. The standard InChI is InChI=1S/C20H22N2O2/c21-11-16-3-1-5-18(9-16)13-24-19-6-2-4-17(10-19)12-22-14-20(15-23)7-8-20/h1-6,9-10,22-23H,7-8,12-15H2. The third-order valence-electron chi connectivity index (χ3n) is 4.48. The zero-order valence-electron chi connectivity index (χ0n) is 13.7. The maximum absolute atomic E-state index is 9.33. The van der Waals surface area contributed by atoms with Gasteiger partial charge in [-0.05, 0) is 48.2 Å². The number of hydrogen-bond acceptors (Lipinski definition) is 4. The number of nitrogens with zero attached hydrogens (tertiary/aromatic N) is 1. The van der Waals surface area contributed by atoms with Gasteiger partial charge in [0.1, 0.15) is 12.4 Å². The van der Waals surface area contributed by atoms with Crippen LogP contribution in [0.25, 0.3) is 0 Å². The van der Waals surface area contributed by atoms with Gasteiger partial charge in [-0.1, -0.05) is 24.3 Å². The SMILES string of the molecule is N#Cc1cccc(COc2cccc(CNCC3(CO)CC3)c2)c1. The zero-order chi connectivity index (χ0) is 16.8. The van der Waals surface area contributed by atoms with Crippen LogP contribution in [0.4, 0.5) is 0 Å². The summed E-state index contributed by atoms with van der Waals surface area (Å²) in [5.74, 6) is 0.819. The molecule has 24 heavy (non-hydrogen) atoms. The molecule has 1 aliphatic carbocycles. The lowest BCUT2D eigenvalue weighted by atomic mass is 10.1. The van der Waals surface area contributed by atoms with Crippen LogP contribution in [0.15, 0.2) is 48.5 Å². The smallest absolute Gasteiger partial charge is 0.120 e. The largest absolute Gasteiger partial charge is 0.489 e. The van der Waals surface area contributed by atoms with Crippen molar-refractivity contribution >= 4 is 0 Å². The van der Waals surface area contributed by atoms with Gasteiger partial charge in [0.05, 0.1) is 11.6 Å². The van der Waals surface area contributed by atoms with Gasteiger partial charge in [0, 0.05) is 25.1 Å². The summed E-state index contributed by atoms with van der Waals surface area (Å²) in [5, 5.41) is 21.7. The van der Waals surface area contributed by atoms with Gasteiger partial charge in [0.25, 0.3) is 0 Å². The average molecular weight is 322 g/mol. The highest BCUT2D eigenvalue weighted by Gasteiger charge is 2.41. The van der Waals surface area contributed by atoms with Crippen LogP contribution in [0.2, 0.25) is 0 Å². The van der Waals surface area contributed by atoms with Gasteiger partial charge >= 0.3 is 0 Å². The Morgan fingerprint density at radius 1 is 1.12 bits per heavy atom. The van der Waals surface area contributed by atoms with Crippen molar-refractivity contribution in [3.63, 3.8) is 0 Å². The molecular weight excluding hydrogens is 300 g/mol. The molecular formula is C20H22N2O2. The second kappa shape index (κ2) is 7.48. The van der Waals surface area contributed by atoms with Crippen molar-refractivity contribution in [2.45, 2.75) is 26.0 Å². The van der Waals surface area contributed by atoms with Gasteiger partial charge in [0.2, 0.25) is 0 Å². The van der Waals surface area contributed by atoms with E-state index in [1.165, 1.54) is 0 Å². The van der Waals surface area contributed by atoms with Crippen LogP contribution in [-0.4, -0.2) is 18.3 Å². The summed E-state index contributed by atoms with van der Waals surface area (Å²) in [6.45, 7) is 2.34. The molecule has 2 aromatic rings. The lowest BCUT2D eigenvalue weighted by Gasteiger charge is -2.13. The van der Waals surface area contributed by atoms with Gasteiger partial charge in [-0.2, -0.15) is 5.26 Å². The fourth-order valence-electron chi connectivity index (χ4n) is 2.68. The fourth-order valence-corrected chi connectivity index (χ4v) is 2.68. The third-order valence-corrected chi connectivity index (χ3v) is 4.48. The number of nitriles is 1. The minimum absolute atomic E-state index is 0.125. The van der Waals surface area contributed by atoms with Crippen molar-refractivity contribution in [2.75, 3.05) is 13.2 Å². The topological polar surface area (TPSA) is 65.3 Å². The first-order valence-electron chi connectivity index (χ1n) is 8.25. The molecule has 0 radical (unpaired) electrons. The number of aliphatic hydroxyl groups excluding tert-OH is 1. The predicted octanol–water partition coefficient (Wildman–Crippen LogP) is 3.00. The fraction of sp³-hybridized carbons (Fsp3) is 0.350. The molecule has 4 heteroatoms. The Kier molecular flexibility index (Phi) is 5.14. The molecule has 0 unspecified atom stereocenters. The van der Waals surface area contributed by atoms with Crippen LogP contribution in [0.1, 0.15) is 29.5 Å².